The third-order valence-corrected chi connectivity index (χ3v) is 7.68. The molecule has 0 unspecified atom stereocenters. The first kappa shape index (κ1) is 23.7. The van der Waals surface area contributed by atoms with Crippen LogP contribution in [0.25, 0.3) is 11.0 Å². The molecule has 4 rings (SSSR count). The maximum atomic E-state index is 13.3. The standard InChI is InChI=1S/C25H22ClN3O4S/c1-15-7-10-18(11-8-15)34(32,33)22-13-29(25-19(24(22)31)12-9-16(2)27-25)14-23(30)28-21-6-4-5-20(26)17(21)3/h4-13H,14H2,1-3H3,(H,28,30). The van der Waals surface area contributed by atoms with Crippen LogP contribution in [0.5, 0.6) is 0 Å². The molecule has 2 aromatic carbocycles. The Morgan fingerprint density at radius 3 is 2.44 bits per heavy atom. The van der Waals surface area contributed by atoms with E-state index in [0.29, 0.717) is 22.0 Å². The molecule has 0 aliphatic carbocycles. The van der Waals surface area contributed by atoms with Gasteiger partial charge in [0.1, 0.15) is 17.1 Å². The Morgan fingerprint density at radius 1 is 1.03 bits per heavy atom. The molecule has 7 nitrogen and oxygen atoms in total. The van der Waals surface area contributed by atoms with Crippen LogP contribution < -0.4 is 10.7 Å². The van der Waals surface area contributed by atoms with E-state index < -0.39 is 26.1 Å². The SMILES string of the molecule is Cc1ccc(S(=O)(=O)c2cn(CC(=O)Nc3cccc(Cl)c3C)c3nc(C)ccc3c2=O)cc1. The molecule has 2 heterocycles. The van der Waals surface area contributed by atoms with Crippen LogP contribution in [0, 0.1) is 20.8 Å². The number of sulfone groups is 1. The zero-order chi connectivity index (χ0) is 24.6. The highest BCUT2D eigenvalue weighted by molar-refractivity contribution is 7.91. The average Bonchev–Trinajstić information content (AvgIpc) is 2.79. The lowest BCUT2D eigenvalue weighted by Crippen LogP contribution is -2.24. The first-order valence-corrected chi connectivity index (χ1v) is 12.3. The molecule has 34 heavy (non-hydrogen) atoms. The maximum absolute atomic E-state index is 13.3. The summed E-state index contributed by atoms with van der Waals surface area (Å²) < 4.78 is 28.1. The number of halogens is 1. The molecular weight excluding hydrogens is 474 g/mol. The van der Waals surface area contributed by atoms with Crippen LogP contribution in [0.2, 0.25) is 5.02 Å². The lowest BCUT2D eigenvalue weighted by atomic mass is 10.2. The summed E-state index contributed by atoms with van der Waals surface area (Å²) in [6.07, 6.45) is 1.19. The molecule has 1 amide bonds. The van der Waals surface area contributed by atoms with E-state index in [-0.39, 0.29) is 22.5 Å². The van der Waals surface area contributed by atoms with E-state index in [1.54, 1.807) is 50.2 Å². The van der Waals surface area contributed by atoms with Crippen LogP contribution in [0.4, 0.5) is 5.69 Å². The zero-order valence-corrected chi connectivity index (χ0v) is 20.4. The van der Waals surface area contributed by atoms with Crippen molar-refractivity contribution in [2.45, 2.75) is 37.1 Å². The molecule has 0 atom stereocenters. The number of carbonyl (C=O) groups excluding carboxylic acids is 1. The smallest absolute Gasteiger partial charge is 0.244 e. The monoisotopic (exact) mass is 495 g/mol. The number of fused-ring (bicyclic) bond motifs is 1. The quantitative estimate of drug-likeness (QED) is 0.441. The number of nitrogens with one attached hydrogen (secondary N) is 1. The summed E-state index contributed by atoms with van der Waals surface area (Å²) in [4.78, 5) is 30.1. The molecule has 2 aromatic heterocycles. The molecule has 1 N–H and O–H groups in total. The van der Waals surface area contributed by atoms with E-state index >= 15 is 0 Å². The number of carbonyl (C=O) groups is 1. The first-order chi connectivity index (χ1) is 16.1. The normalized spacial score (nSPS) is 11.5. The topological polar surface area (TPSA) is 98.1 Å². The number of hydrogen-bond donors (Lipinski definition) is 1. The van der Waals surface area contributed by atoms with Gasteiger partial charge in [-0.05, 0) is 62.7 Å². The highest BCUT2D eigenvalue weighted by Crippen LogP contribution is 2.24. The van der Waals surface area contributed by atoms with E-state index in [9.17, 15) is 18.0 Å². The summed E-state index contributed by atoms with van der Waals surface area (Å²) in [5, 5.41) is 3.42. The lowest BCUT2D eigenvalue weighted by Gasteiger charge is -2.15. The van der Waals surface area contributed by atoms with E-state index in [1.165, 1.54) is 29.0 Å². The summed E-state index contributed by atoms with van der Waals surface area (Å²) >= 11 is 6.14. The Labute approximate surface area is 202 Å². The molecular formula is C25H22ClN3O4S. The molecule has 0 spiro atoms. The fourth-order valence-corrected chi connectivity index (χ4v) is 5.12. The number of rotatable bonds is 5. The summed E-state index contributed by atoms with van der Waals surface area (Å²) in [6, 6.07) is 14.6. The predicted molar refractivity (Wildman–Crippen MR) is 132 cm³/mol. The van der Waals surface area contributed by atoms with Crippen LogP contribution in [0.1, 0.15) is 16.8 Å². The molecule has 0 saturated heterocycles. The van der Waals surface area contributed by atoms with E-state index in [0.717, 1.165) is 5.56 Å². The number of anilines is 1. The molecule has 174 valence electrons. The van der Waals surface area contributed by atoms with Crippen molar-refractivity contribution in [3.63, 3.8) is 0 Å². The Bertz CT molecular complexity index is 1590. The van der Waals surface area contributed by atoms with Crippen molar-refractivity contribution in [3.8, 4) is 0 Å². The van der Waals surface area contributed by atoms with E-state index in [4.69, 9.17) is 11.6 Å². The summed E-state index contributed by atoms with van der Waals surface area (Å²) in [7, 11) is -4.13. The van der Waals surface area contributed by atoms with Gasteiger partial charge in [0.2, 0.25) is 21.2 Å². The van der Waals surface area contributed by atoms with Gasteiger partial charge in [-0.2, -0.15) is 0 Å². The molecule has 0 bridgehead atoms. The van der Waals surface area contributed by atoms with Crippen molar-refractivity contribution < 1.29 is 13.2 Å². The second-order valence-electron chi connectivity index (χ2n) is 8.05. The Morgan fingerprint density at radius 2 is 1.74 bits per heavy atom. The predicted octanol–water partition coefficient (Wildman–Crippen LogP) is 4.45. The van der Waals surface area contributed by atoms with Crippen LogP contribution in [-0.2, 0) is 21.2 Å². The van der Waals surface area contributed by atoms with Crippen molar-refractivity contribution >= 4 is 44.1 Å². The molecule has 0 saturated carbocycles. The molecule has 0 radical (unpaired) electrons. The summed E-state index contributed by atoms with van der Waals surface area (Å²) in [6.45, 7) is 5.12. The van der Waals surface area contributed by atoms with Crippen molar-refractivity contribution in [1.29, 1.82) is 0 Å². The van der Waals surface area contributed by atoms with Crippen molar-refractivity contribution in [2.75, 3.05) is 5.32 Å². The Balaban J connectivity index is 1.83. The number of aromatic nitrogens is 2. The number of amides is 1. The van der Waals surface area contributed by atoms with Gasteiger partial charge in [-0.15, -0.1) is 0 Å². The third kappa shape index (κ3) is 4.47. The highest BCUT2D eigenvalue weighted by atomic mass is 35.5. The van der Waals surface area contributed by atoms with Crippen LogP contribution in [-0.4, -0.2) is 23.9 Å². The third-order valence-electron chi connectivity index (χ3n) is 5.50. The number of hydrogen-bond acceptors (Lipinski definition) is 5. The van der Waals surface area contributed by atoms with Crippen LogP contribution in [0.15, 0.2) is 75.4 Å². The van der Waals surface area contributed by atoms with Crippen molar-refractivity contribution in [2.24, 2.45) is 0 Å². The van der Waals surface area contributed by atoms with Gasteiger partial charge in [0, 0.05) is 22.6 Å². The minimum atomic E-state index is -4.13. The molecule has 0 aliphatic heterocycles. The minimum Gasteiger partial charge on any atom is -0.324 e. The molecule has 0 aliphatic rings. The number of benzene rings is 2. The Hall–Kier alpha value is -3.49. The van der Waals surface area contributed by atoms with Gasteiger partial charge < -0.3 is 9.88 Å². The first-order valence-electron chi connectivity index (χ1n) is 10.5. The molecule has 4 aromatic rings. The number of aryl methyl sites for hydroxylation is 2. The van der Waals surface area contributed by atoms with Crippen molar-refractivity contribution in [3.05, 3.63) is 92.9 Å². The van der Waals surface area contributed by atoms with Gasteiger partial charge in [-0.1, -0.05) is 35.4 Å². The van der Waals surface area contributed by atoms with Gasteiger partial charge in [0.25, 0.3) is 0 Å². The second-order valence-corrected chi connectivity index (χ2v) is 10.4. The maximum Gasteiger partial charge on any atom is 0.244 e. The molecule has 0 fully saturated rings. The van der Waals surface area contributed by atoms with E-state index in [1.807, 2.05) is 6.92 Å². The van der Waals surface area contributed by atoms with Gasteiger partial charge in [0.15, 0.2) is 0 Å². The summed E-state index contributed by atoms with van der Waals surface area (Å²) in [5.41, 5.74) is 2.33. The average molecular weight is 496 g/mol. The van der Waals surface area contributed by atoms with Gasteiger partial charge in [-0.3, -0.25) is 9.59 Å². The Kier molecular flexibility index (Phi) is 6.29. The zero-order valence-electron chi connectivity index (χ0n) is 18.8. The largest absolute Gasteiger partial charge is 0.324 e. The lowest BCUT2D eigenvalue weighted by molar-refractivity contribution is -0.116. The van der Waals surface area contributed by atoms with Gasteiger partial charge >= 0.3 is 0 Å². The van der Waals surface area contributed by atoms with Gasteiger partial charge in [-0.25, -0.2) is 13.4 Å². The summed E-state index contributed by atoms with van der Waals surface area (Å²) in [5.74, 6) is -0.419. The van der Waals surface area contributed by atoms with Gasteiger partial charge in [0.05, 0.1) is 10.3 Å². The highest BCUT2D eigenvalue weighted by Gasteiger charge is 2.25. The number of nitrogens with zero attached hydrogens (tertiary/aromatic N) is 2. The molecule has 9 heteroatoms. The number of pyridine rings is 2. The fourth-order valence-electron chi connectivity index (χ4n) is 3.58. The minimum absolute atomic E-state index is 0.000162. The second kappa shape index (κ2) is 9.04. The van der Waals surface area contributed by atoms with E-state index in [2.05, 4.69) is 10.3 Å². The fraction of sp³-hybridized carbons (Fsp3) is 0.160. The van der Waals surface area contributed by atoms with Crippen molar-refractivity contribution in [1.82, 2.24) is 9.55 Å². The van der Waals surface area contributed by atoms with Crippen LogP contribution in [0.3, 0.4) is 0 Å². The van der Waals surface area contributed by atoms with Crippen LogP contribution >= 0.6 is 11.6 Å².